The van der Waals surface area contributed by atoms with Crippen molar-refractivity contribution in [3.8, 4) is 5.75 Å². The topological polar surface area (TPSA) is 59.9 Å². The zero-order valence-corrected chi connectivity index (χ0v) is 13.6. The van der Waals surface area contributed by atoms with E-state index in [0.29, 0.717) is 10.7 Å². The lowest BCUT2D eigenvalue weighted by Gasteiger charge is -2.17. The Morgan fingerprint density at radius 1 is 1.50 bits per heavy atom. The fourth-order valence-corrected chi connectivity index (χ4v) is 6.12. The van der Waals surface area contributed by atoms with Gasteiger partial charge in [-0.3, -0.25) is 0 Å². The van der Waals surface area contributed by atoms with E-state index in [9.17, 15) is 4.79 Å². The molecular weight excluding hydrogens is 315 g/mol. The third-order valence-corrected chi connectivity index (χ3v) is 7.50. The van der Waals surface area contributed by atoms with Crippen molar-refractivity contribution in [2.24, 2.45) is 4.99 Å². The second kappa shape index (κ2) is 6.61. The number of benzene rings is 1. The number of hydrogen-bond acceptors (Lipinski definition) is 6. The van der Waals surface area contributed by atoms with Gasteiger partial charge in [-0.1, -0.05) is 30.0 Å². The molecule has 1 aromatic carbocycles. The summed E-state index contributed by atoms with van der Waals surface area (Å²) in [6.07, 6.45) is -2.18. The Labute approximate surface area is 127 Å². The molecule has 0 amide bonds. The first kappa shape index (κ1) is 15.4. The minimum Gasteiger partial charge on any atom is -0.467 e. The Bertz CT molecular complexity index is 565. The average Bonchev–Trinajstić information content (AvgIpc) is 2.79. The van der Waals surface area contributed by atoms with E-state index in [1.54, 1.807) is 6.92 Å². The molecule has 1 heterocycles. The molecule has 0 aliphatic carbocycles. The lowest BCUT2D eigenvalue weighted by molar-refractivity contribution is -0.141. The number of aliphatic imine (C=N–C) groups is 1. The first-order valence-corrected chi connectivity index (χ1v) is 9.82. The van der Waals surface area contributed by atoms with Gasteiger partial charge in [-0.2, -0.15) is 0 Å². The van der Waals surface area contributed by atoms with E-state index < -0.39 is 12.5 Å². The van der Waals surface area contributed by atoms with Crippen LogP contribution in [0.2, 0.25) is 0 Å². The monoisotopic (exact) mass is 330 g/mol. The molecule has 0 spiro atoms. The van der Waals surface area contributed by atoms with Crippen LogP contribution in [0.3, 0.4) is 0 Å². The van der Waals surface area contributed by atoms with Gasteiger partial charge in [0.2, 0.25) is 6.42 Å². The molecular formula is C12H15N2O3PS2. The highest BCUT2D eigenvalue weighted by Gasteiger charge is 2.30. The molecule has 0 saturated carbocycles. The number of esters is 1. The molecule has 2 atom stereocenters. The second-order valence-corrected chi connectivity index (χ2v) is 9.33. The predicted molar refractivity (Wildman–Crippen MR) is 85.9 cm³/mol. The van der Waals surface area contributed by atoms with E-state index in [0.717, 1.165) is 5.75 Å². The fourth-order valence-electron chi connectivity index (χ4n) is 1.52. The number of rotatable bonds is 4. The number of carbonyl (C=O) groups is 1. The van der Waals surface area contributed by atoms with E-state index in [1.165, 1.54) is 18.9 Å². The van der Waals surface area contributed by atoms with Crippen LogP contribution in [0, 0.1) is 0 Å². The zero-order valence-electron chi connectivity index (χ0n) is 11.1. The zero-order chi connectivity index (χ0) is 14.6. The quantitative estimate of drug-likeness (QED) is 0.676. The van der Waals surface area contributed by atoms with Gasteiger partial charge in [0.25, 0.3) is 0 Å². The van der Waals surface area contributed by atoms with Crippen LogP contribution in [-0.4, -0.2) is 29.8 Å². The SMILES string of the molecule is COC(=O)C(C)N=C1NP(=S)(Oc2ccccc2)CS1. The van der Waals surface area contributed by atoms with E-state index in [-0.39, 0.29) is 5.97 Å². The van der Waals surface area contributed by atoms with Gasteiger partial charge in [0.15, 0.2) is 5.17 Å². The predicted octanol–water partition coefficient (Wildman–Crippen LogP) is 2.59. The van der Waals surface area contributed by atoms with Crippen molar-refractivity contribution < 1.29 is 14.1 Å². The summed E-state index contributed by atoms with van der Waals surface area (Å²) in [5.74, 6) is 0.371. The van der Waals surface area contributed by atoms with Crippen molar-refractivity contribution in [1.82, 2.24) is 5.09 Å². The van der Waals surface area contributed by atoms with Crippen LogP contribution in [0.1, 0.15) is 6.92 Å². The smallest absolute Gasteiger partial charge is 0.330 e. The summed E-state index contributed by atoms with van der Waals surface area (Å²) in [7, 11) is 1.34. The lowest BCUT2D eigenvalue weighted by atomic mass is 10.3. The largest absolute Gasteiger partial charge is 0.467 e. The van der Waals surface area contributed by atoms with Gasteiger partial charge >= 0.3 is 5.97 Å². The number of amidine groups is 1. The molecule has 1 saturated heterocycles. The van der Waals surface area contributed by atoms with Crippen molar-refractivity contribution in [3.63, 3.8) is 0 Å². The molecule has 1 aromatic rings. The normalized spacial score (nSPS) is 25.0. The summed E-state index contributed by atoms with van der Waals surface area (Å²) >= 11 is 7.01. The maximum Gasteiger partial charge on any atom is 0.330 e. The summed E-state index contributed by atoms with van der Waals surface area (Å²) in [6.45, 7) is 1.68. The molecule has 5 nitrogen and oxygen atoms in total. The van der Waals surface area contributed by atoms with E-state index in [1.807, 2.05) is 30.3 Å². The van der Waals surface area contributed by atoms with E-state index in [4.69, 9.17) is 16.3 Å². The first-order chi connectivity index (χ1) is 9.52. The van der Waals surface area contributed by atoms with Crippen LogP contribution >= 0.6 is 18.2 Å². The van der Waals surface area contributed by atoms with Gasteiger partial charge < -0.3 is 14.3 Å². The van der Waals surface area contributed by atoms with Crippen LogP contribution in [0.5, 0.6) is 5.75 Å². The Morgan fingerprint density at radius 2 is 2.20 bits per heavy atom. The molecule has 1 N–H and O–H groups in total. The molecule has 0 aromatic heterocycles. The number of ether oxygens (including phenoxy) is 1. The van der Waals surface area contributed by atoms with Gasteiger partial charge in [0, 0.05) is 0 Å². The highest BCUT2D eigenvalue weighted by atomic mass is 32.5. The third kappa shape index (κ3) is 3.98. The van der Waals surface area contributed by atoms with Crippen LogP contribution in [0.25, 0.3) is 0 Å². The average molecular weight is 330 g/mol. The van der Waals surface area contributed by atoms with E-state index in [2.05, 4.69) is 14.8 Å². The Hall–Kier alpha value is -1.04. The number of carbonyl (C=O) groups excluding carboxylic acids is 1. The molecule has 108 valence electrons. The standard InChI is InChI=1S/C12H15N2O3PS2/c1-9(11(15)16-2)13-12-14-18(19,8-20-12)17-10-6-4-3-5-7-10/h3-7,9H,8H2,1-2H3,(H,13,14,19). The molecule has 2 unspecified atom stereocenters. The Kier molecular flexibility index (Phi) is 5.07. The van der Waals surface area contributed by atoms with Crippen LogP contribution in [-0.2, 0) is 21.3 Å². The third-order valence-electron chi connectivity index (χ3n) is 2.49. The maximum absolute atomic E-state index is 11.3. The van der Waals surface area contributed by atoms with Crippen molar-refractivity contribution in [3.05, 3.63) is 30.3 Å². The summed E-state index contributed by atoms with van der Waals surface area (Å²) in [5, 5.41) is 3.78. The van der Waals surface area contributed by atoms with Crippen molar-refractivity contribution >= 4 is 41.1 Å². The molecule has 1 fully saturated rings. The Morgan fingerprint density at radius 3 is 2.85 bits per heavy atom. The molecule has 0 radical (unpaired) electrons. The van der Waals surface area contributed by atoms with Crippen molar-refractivity contribution in [2.45, 2.75) is 13.0 Å². The highest BCUT2D eigenvalue weighted by molar-refractivity contribution is 8.28. The minimum atomic E-state index is -2.18. The second-order valence-electron chi connectivity index (χ2n) is 4.10. The minimum absolute atomic E-state index is 0.371. The summed E-state index contributed by atoms with van der Waals surface area (Å²) in [5.41, 5.74) is 0.643. The maximum atomic E-state index is 11.3. The van der Waals surface area contributed by atoms with Gasteiger partial charge in [0.1, 0.15) is 11.8 Å². The summed E-state index contributed by atoms with van der Waals surface area (Å²) in [4.78, 5) is 15.6. The van der Waals surface area contributed by atoms with Crippen LogP contribution in [0.15, 0.2) is 35.3 Å². The summed E-state index contributed by atoms with van der Waals surface area (Å²) < 4.78 is 10.5. The Balaban J connectivity index is 2.02. The number of hydrogen-bond donors (Lipinski definition) is 1. The molecule has 8 heteroatoms. The molecule has 1 aliphatic heterocycles. The molecule has 20 heavy (non-hydrogen) atoms. The van der Waals surface area contributed by atoms with Crippen LogP contribution < -0.4 is 9.61 Å². The molecule has 0 bridgehead atoms. The first-order valence-electron chi connectivity index (χ1n) is 5.93. The fraction of sp³-hybridized carbons (Fsp3) is 0.333. The number of para-hydroxylation sites is 1. The lowest BCUT2D eigenvalue weighted by Crippen LogP contribution is -2.21. The number of thioether (sulfide) groups is 1. The van der Waals surface area contributed by atoms with Gasteiger partial charge in [0.05, 0.1) is 12.6 Å². The molecule has 1 aliphatic rings. The highest BCUT2D eigenvalue weighted by Crippen LogP contribution is 2.51. The van der Waals surface area contributed by atoms with Gasteiger partial charge in [-0.05, 0) is 30.9 Å². The summed E-state index contributed by atoms with van der Waals surface area (Å²) in [6, 6.07) is 8.90. The van der Waals surface area contributed by atoms with Crippen LogP contribution in [0.4, 0.5) is 0 Å². The van der Waals surface area contributed by atoms with Crippen molar-refractivity contribution in [2.75, 3.05) is 12.6 Å². The number of methoxy groups -OCH3 is 1. The van der Waals surface area contributed by atoms with Gasteiger partial charge in [-0.15, -0.1) is 0 Å². The molecule has 2 rings (SSSR count). The number of nitrogens with zero attached hydrogens (tertiary/aromatic N) is 1. The van der Waals surface area contributed by atoms with E-state index >= 15 is 0 Å². The van der Waals surface area contributed by atoms with Crippen molar-refractivity contribution in [1.29, 1.82) is 0 Å². The van der Waals surface area contributed by atoms with Gasteiger partial charge in [-0.25, -0.2) is 9.79 Å². The number of nitrogens with one attached hydrogen (secondary N) is 1.